The summed E-state index contributed by atoms with van der Waals surface area (Å²) in [5.74, 6) is 6.06. The summed E-state index contributed by atoms with van der Waals surface area (Å²) in [6, 6.07) is 16.7. The van der Waals surface area contributed by atoms with Crippen LogP contribution in [0.5, 0.6) is 0 Å². The van der Waals surface area contributed by atoms with E-state index in [1.807, 2.05) is 68.7 Å². The summed E-state index contributed by atoms with van der Waals surface area (Å²) in [5.41, 5.74) is 11.7. The average molecular weight is 514 g/mol. The lowest BCUT2D eigenvalue weighted by atomic mass is 10.0. The molecule has 3 N–H and O–H groups in total. The Kier molecular flexibility index (Phi) is 5.93. The highest BCUT2D eigenvalue weighted by Gasteiger charge is 2.24. The van der Waals surface area contributed by atoms with Crippen molar-refractivity contribution in [3.8, 4) is 23.1 Å². The average Bonchev–Trinajstić information content (AvgIpc) is 3.52. The van der Waals surface area contributed by atoms with Crippen molar-refractivity contribution >= 4 is 28.4 Å². The lowest BCUT2D eigenvalue weighted by Crippen LogP contribution is -2.28. The summed E-state index contributed by atoms with van der Waals surface area (Å²) >= 11 is 0. The first-order valence-electron chi connectivity index (χ1n) is 12.2. The van der Waals surface area contributed by atoms with E-state index in [1.165, 1.54) is 4.52 Å². The molecule has 190 valence electrons. The third kappa shape index (κ3) is 4.53. The number of nitrogens with one attached hydrogen (secondary N) is 1. The van der Waals surface area contributed by atoms with Crippen molar-refractivity contribution in [2.75, 3.05) is 5.73 Å². The highest BCUT2D eigenvalue weighted by Crippen LogP contribution is 2.29. The molecule has 0 aliphatic rings. The van der Waals surface area contributed by atoms with Gasteiger partial charge in [-0.2, -0.15) is 5.10 Å². The standard InChI is InChI=1S/C29H23N9O/c1-18(33-29(39)23-27(30)36-38-15-7-14-31-28(23)38)24-26(20-8-4-3-5-9-20)35-25-21(10-6-11-22(25)34-24)13-12-19-16-32-37(2)17-19/h3-11,14-18H,1-2H3,(H2,30,36)(H,33,39)/t18-/m1/s1. The predicted octanol–water partition coefficient (Wildman–Crippen LogP) is 3.55. The Labute approximate surface area is 223 Å². The molecule has 10 heteroatoms. The van der Waals surface area contributed by atoms with Crippen LogP contribution in [0.1, 0.15) is 40.1 Å². The van der Waals surface area contributed by atoms with Gasteiger partial charge in [-0.1, -0.05) is 48.2 Å². The first-order chi connectivity index (χ1) is 19.0. The lowest BCUT2D eigenvalue weighted by Gasteiger charge is -2.18. The first kappa shape index (κ1) is 23.8. The number of anilines is 1. The highest BCUT2D eigenvalue weighted by molar-refractivity contribution is 6.04. The summed E-state index contributed by atoms with van der Waals surface area (Å²) < 4.78 is 3.19. The summed E-state index contributed by atoms with van der Waals surface area (Å²) in [5, 5.41) is 11.4. The Hall–Kier alpha value is -5.56. The Bertz CT molecular complexity index is 1910. The van der Waals surface area contributed by atoms with Gasteiger partial charge >= 0.3 is 0 Å². The second kappa shape index (κ2) is 9.72. The van der Waals surface area contributed by atoms with Crippen LogP contribution in [0.25, 0.3) is 27.9 Å². The molecule has 0 unspecified atom stereocenters. The molecule has 0 radical (unpaired) electrons. The van der Waals surface area contributed by atoms with Crippen LogP contribution in [0.2, 0.25) is 0 Å². The van der Waals surface area contributed by atoms with E-state index in [2.05, 4.69) is 32.3 Å². The van der Waals surface area contributed by atoms with Crippen LogP contribution in [-0.2, 0) is 7.05 Å². The van der Waals surface area contributed by atoms with Crippen molar-refractivity contribution in [3.05, 3.63) is 102 Å². The highest BCUT2D eigenvalue weighted by atomic mass is 16.1. The van der Waals surface area contributed by atoms with Gasteiger partial charge in [-0.15, -0.1) is 5.10 Å². The number of fused-ring (bicyclic) bond motifs is 2. The predicted molar refractivity (Wildman–Crippen MR) is 147 cm³/mol. The van der Waals surface area contributed by atoms with E-state index in [0.29, 0.717) is 28.1 Å². The molecule has 0 spiro atoms. The Morgan fingerprint density at radius 3 is 2.69 bits per heavy atom. The summed E-state index contributed by atoms with van der Waals surface area (Å²) in [4.78, 5) is 27.6. The number of carbonyl (C=O) groups is 1. The fourth-order valence-corrected chi connectivity index (χ4v) is 4.39. The van der Waals surface area contributed by atoms with Crippen molar-refractivity contribution in [1.82, 2.24) is 39.7 Å². The minimum absolute atomic E-state index is 0.100. The number of rotatable bonds is 4. The number of hydrogen-bond donors (Lipinski definition) is 2. The summed E-state index contributed by atoms with van der Waals surface area (Å²) in [6.45, 7) is 1.86. The van der Waals surface area contributed by atoms with Gasteiger partial charge in [0.1, 0.15) is 11.1 Å². The zero-order valence-corrected chi connectivity index (χ0v) is 21.2. The molecular formula is C29H23N9O. The fourth-order valence-electron chi connectivity index (χ4n) is 4.39. The van der Waals surface area contributed by atoms with Gasteiger partial charge in [-0.25, -0.2) is 19.5 Å². The van der Waals surface area contributed by atoms with Crippen molar-refractivity contribution in [1.29, 1.82) is 0 Å². The Morgan fingerprint density at radius 2 is 1.90 bits per heavy atom. The molecule has 0 saturated heterocycles. The van der Waals surface area contributed by atoms with Crippen molar-refractivity contribution < 1.29 is 4.79 Å². The van der Waals surface area contributed by atoms with Crippen LogP contribution >= 0.6 is 0 Å². The second-order valence-electron chi connectivity index (χ2n) is 8.99. The zero-order valence-electron chi connectivity index (χ0n) is 21.2. The zero-order chi connectivity index (χ0) is 26.9. The molecule has 6 aromatic rings. The summed E-state index contributed by atoms with van der Waals surface area (Å²) in [7, 11) is 1.85. The molecular weight excluding hydrogens is 490 g/mol. The van der Waals surface area contributed by atoms with Gasteiger partial charge in [0, 0.05) is 31.2 Å². The van der Waals surface area contributed by atoms with E-state index in [1.54, 1.807) is 29.3 Å². The molecule has 2 aromatic carbocycles. The van der Waals surface area contributed by atoms with Crippen LogP contribution < -0.4 is 11.1 Å². The van der Waals surface area contributed by atoms with Crippen molar-refractivity contribution in [2.45, 2.75) is 13.0 Å². The minimum atomic E-state index is -0.507. The van der Waals surface area contributed by atoms with E-state index in [-0.39, 0.29) is 11.4 Å². The number of hydrogen-bond acceptors (Lipinski definition) is 7. The SMILES string of the molecule is C[C@@H](NC(=O)c1c(N)nn2cccnc12)c1nc2cccc(C#Cc3cnn(C)c3)c2nc1-c1ccccc1. The monoisotopic (exact) mass is 513 g/mol. The number of aromatic nitrogens is 7. The van der Waals surface area contributed by atoms with E-state index in [4.69, 9.17) is 15.7 Å². The van der Waals surface area contributed by atoms with E-state index >= 15 is 0 Å². The molecule has 0 aliphatic heterocycles. The maximum absolute atomic E-state index is 13.4. The smallest absolute Gasteiger partial charge is 0.259 e. The topological polar surface area (TPSA) is 129 Å². The van der Waals surface area contributed by atoms with Crippen LogP contribution in [0.15, 0.2) is 79.4 Å². The molecule has 0 aliphatic carbocycles. The quantitative estimate of drug-likeness (QED) is 0.345. The first-order valence-corrected chi connectivity index (χ1v) is 12.2. The fraction of sp³-hybridized carbons (Fsp3) is 0.103. The Balaban J connectivity index is 1.43. The number of para-hydroxylation sites is 1. The van der Waals surface area contributed by atoms with Gasteiger partial charge < -0.3 is 11.1 Å². The maximum Gasteiger partial charge on any atom is 0.259 e. The van der Waals surface area contributed by atoms with Gasteiger partial charge in [0.15, 0.2) is 11.5 Å². The minimum Gasteiger partial charge on any atom is -0.381 e. The molecule has 4 heterocycles. The summed E-state index contributed by atoms with van der Waals surface area (Å²) in [6.07, 6.45) is 6.85. The van der Waals surface area contributed by atoms with Crippen LogP contribution in [-0.4, -0.2) is 40.3 Å². The maximum atomic E-state index is 13.4. The van der Waals surface area contributed by atoms with Crippen molar-refractivity contribution in [3.63, 3.8) is 0 Å². The van der Waals surface area contributed by atoms with E-state index in [9.17, 15) is 4.79 Å². The third-order valence-corrected chi connectivity index (χ3v) is 6.22. The van der Waals surface area contributed by atoms with Gasteiger partial charge in [0.25, 0.3) is 5.91 Å². The number of nitrogen functional groups attached to an aromatic ring is 1. The molecule has 0 saturated carbocycles. The lowest BCUT2D eigenvalue weighted by molar-refractivity contribution is 0.0941. The van der Waals surface area contributed by atoms with Crippen LogP contribution in [0, 0.1) is 11.8 Å². The Morgan fingerprint density at radius 1 is 1.05 bits per heavy atom. The molecule has 1 atom stereocenters. The molecule has 4 aromatic heterocycles. The number of carbonyl (C=O) groups excluding carboxylic acids is 1. The second-order valence-corrected chi connectivity index (χ2v) is 8.99. The molecule has 39 heavy (non-hydrogen) atoms. The van der Waals surface area contributed by atoms with E-state index < -0.39 is 11.9 Å². The van der Waals surface area contributed by atoms with Gasteiger partial charge in [0.05, 0.1) is 40.3 Å². The largest absolute Gasteiger partial charge is 0.381 e. The normalized spacial score (nSPS) is 11.7. The molecule has 0 fully saturated rings. The number of nitrogens with zero attached hydrogens (tertiary/aromatic N) is 7. The number of benzene rings is 2. The van der Waals surface area contributed by atoms with Crippen molar-refractivity contribution in [2.24, 2.45) is 7.05 Å². The molecule has 1 amide bonds. The van der Waals surface area contributed by atoms with Gasteiger partial charge in [0.2, 0.25) is 0 Å². The number of nitrogens with two attached hydrogens (primary N) is 1. The van der Waals surface area contributed by atoms with Crippen LogP contribution in [0.4, 0.5) is 5.82 Å². The molecule has 6 rings (SSSR count). The number of aryl methyl sites for hydroxylation is 1. The molecule has 0 bridgehead atoms. The third-order valence-electron chi connectivity index (χ3n) is 6.22. The number of amides is 1. The van der Waals surface area contributed by atoms with Gasteiger partial charge in [-0.05, 0) is 25.1 Å². The van der Waals surface area contributed by atoms with Crippen LogP contribution in [0.3, 0.4) is 0 Å². The molecule has 10 nitrogen and oxygen atoms in total. The van der Waals surface area contributed by atoms with Gasteiger partial charge in [-0.3, -0.25) is 9.48 Å². The van der Waals surface area contributed by atoms with E-state index in [0.717, 1.165) is 16.7 Å².